The average Bonchev–Trinajstić information content (AvgIpc) is 2.92. The van der Waals surface area contributed by atoms with Crippen molar-refractivity contribution in [3.8, 4) is 5.75 Å². The van der Waals surface area contributed by atoms with Gasteiger partial charge >= 0.3 is 5.97 Å². The first-order valence-corrected chi connectivity index (χ1v) is 6.93. The number of aromatic nitrogens is 1. The summed E-state index contributed by atoms with van der Waals surface area (Å²) < 4.78 is 5.24. The number of carboxylic acid groups (broad SMARTS) is 1. The van der Waals surface area contributed by atoms with Gasteiger partial charge in [0.15, 0.2) is 0 Å². The van der Waals surface area contributed by atoms with Crippen LogP contribution in [0.2, 0.25) is 0 Å². The summed E-state index contributed by atoms with van der Waals surface area (Å²) in [5.74, 6) is -0.623. The molecule has 4 aromatic rings. The highest BCUT2D eigenvalue weighted by Crippen LogP contribution is 2.34. The number of nitrogens with one attached hydrogen (secondary N) is 1. The van der Waals surface area contributed by atoms with Gasteiger partial charge < -0.3 is 14.8 Å². The number of fused-ring (bicyclic) bond motifs is 5. The molecule has 108 valence electrons. The molecule has 0 aliphatic rings. The Kier molecular flexibility index (Phi) is 2.60. The van der Waals surface area contributed by atoms with Crippen molar-refractivity contribution in [2.24, 2.45) is 0 Å². The molecule has 1 heterocycles. The molecule has 4 heteroatoms. The zero-order valence-electron chi connectivity index (χ0n) is 11.9. The maximum absolute atomic E-state index is 11.3. The molecule has 3 aromatic carbocycles. The third-order valence-corrected chi connectivity index (χ3v) is 4.05. The van der Waals surface area contributed by atoms with Gasteiger partial charge in [0, 0.05) is 21.7 Å². The van der Waals surface area contributed by atoms with Crippen LogP contribution < -0.4 is 4.74 Å². The smallest absolute Gasteiger partial charge is 0.339 e. The molecule has 0 amide bonds. The lowest BCUT2D eigenvalue weighted by molar-refractivity contribution is 0.0693. The number of carbonyl (C=O) groups is 1. The highest BCUT2D eigenvalue weighted by molar-refractivity contribution is 6.17. The number of carboxylic acids is 1. The number of hydrogen-bond acceptors (Lipinski definition) is 2. The van der Waals surface area contributed by atoms with Gasteiger partial charge in [-0.05, 0) is 23.6 Å². The maximum atomic E-state index is 11.3. The van der Waals surface area contributed by atoms with Crippen LogP contribution in [0, 0.1) is 0 Å². The molecule has 0 atom stereocenters. The lowest BCUT2D eigenvalue weighted by Gasteiger charge is -2.08. The van der Waals surface area contributed by atoms with E-state index in [9.17, 15) is 9.90 Å². The van der Waals surface area contributed by atoms with Crippen LogP contribution in [-0.2, 0) is 0 Å². The van der Waals surface area contributed by atoms with Crippen molar-refractivity contribution in [2.75, 3.05) is 7.11 Å². The third-order valence-electron chi connectivity index (χ3n) is 4.05. The van der Waals surface area contributed by atoms with Gasteiger partial charge in [-0.1, -0.05) is 30.3 Å². The Labute approximate surface area is 125 Å². The summed E-state index contributed by atoms with van der Waals surface area (Å²) in [6.45, 7) is 0. The molecule has 0 bridgehead atoms. The number of H-pyrrole nitrogens is 1. The van der Waals surface area contributed by atoms with E-state index >= 15 is 0 Å². The predicted molar refractivity (Wildman–Crippen MR) is 86.8 cm³/mol. The molecule has 0 aliphatic heterocycles. The normalized spacial score (nSPS) is 11.3. The van der Waals surface area contributed by atoms with Gasteiger partial charge in [-0.25, -0.2) is 4.79 Å². The van der Waals surface area contributed by atoms with Crippen molar-refractivity contribution >= 4 is 38.5 Å². The van der Waals surface area contributed by atoms with Gasteiger partial charge in [0.05, 0.1) is 12.6 Å². The number of methoxy groups -OCH3 is 1. The summed E-state index contributed by atoms with van der Waals surface area (Å²) in [6.07, 6.45) is 0. The quantitative estimate of drug-likeness (QED) is 0.582. The Bertz CT molecular complexity index is 1050. The van der Waals surface area contributed by atoms with Gasteiger partial charge in [0.2, 0.25) is 0 Å². The lowest BCUT2D eigenvalue weighted by Crippen LogP contribution is -2.00. The lowest BCUT2D eigenvalue weighted by atomic mass is 10.0. The molecule has 0 saturated carbocycles. The summed E-state index contributed by atoms with van der Waals surface area (Å²) in [4.78, 5) is 14.8. The molecular weight excluding hydrogens is 278 g/mol. The minimum atomic E-state index is -0.990. The van der Waals surface area contributed by atoms with E-state index in [0.29, 0.717) is 5.75 Å². The van der Waals surface area contributed by atoms with Crippen molar-refractivity contribution in [2.45, 2.75) is 0 Å². The van der Waals surface area contributed by atoms with Gasteiger partial charge in [0.1, 0.15) is 11.3 Å². The van der Waals surface area contributed by atoms with Crippen LogP contribution in [0.25, 0.3) is 32.6 Å². The van der Waals surface area contributed by atoms with Crippen LogP contribution in [0.15, 0.2) is 48.5 Å². The van der Waals surface area contributed by atoms with E-state index in [2.05, 4.69) is 11.1 Å². The molecule has 4 nitrogen and oxygen atoms in total. The number of hydrogen-bond donors (Lipinski definition) is 2. The molecule has 0 radical (unpaired) electrons. The van der Waals surface area contributed by atoms with Crippen LogP contribution in [0.1, 0.15) is 10.4 Å². The van der Waals surface area contributed by atoms with Gasteiger partial charge in [-0.15, -0.1) is 0 Å². The predicted octanol–water partition coefficient (Wildman–Crippen LogP) is 4.18. The maximum Gasteiger partial charge on any atom is 0.339 e. The average molecular weight is 291 g/mol. The van der Waals surface area contributed by atoms with Crippen molar-refractivity contribution in [3.63, 3.8) is 0 Å². The molecule has 2 N–H and O–H groups in total. The van der Waals surface area contributed by atoms with Gasteiger partial charge in [-0.3, -0.25) is 0 Å². The molecule has 4 rings (SSSR count). The highest BCUT2D eigenvalue weighted by Gasteiger charge is 2.15. The van der Waals surface area contributed by atoms with Crippen molar-refractivity contribution in [1.82, 2.24) is 4.98 Å². The Morgan fingerprint density at radius 1 is 1.05 bits per heavy atom. The minimum absolute atomic E-state index is 0.172. The highest BCUT2D eigenvalue weighted by atomic mass is 16.5. The second kappa shape index (κ2) is 4.49. The van der Waals surface area contributed by atoms with Crippen LogP contribution in [0.5, 0.6) is 5.75 Å². The van der Waals surface area contributed by atoms with E-state index in [1.54, 1.807) is 12.1 Å². The fourth-order valence-corrected chi connectivity index (χ4v) is 3.01. The van der Waals surface area contributed by atoms with Gasteiger partial charge in [-0.2, -0.15) is 0 Å². The van der Waals surface area contributed by atoms with E-state index in [-0.39, 0.29) is 5.56 Å². The van der Waals surface area contributed by atoms with E-state index in [1.807, 2.05) is 30.3 Å². The summed E-state index contributed by atoms with van der Waals surface area (Å²) in [5.41, 5.74) is 2.23. The number of rotatable bonds is 2. The van der Waals surface area contributed by atoms with E-state index in [4.69, 9.17) is 4.74 Å². The first kappa shape index (κ1) is 12.7. The molecule has 1 aromatic heterocycles. The standard InChI is InChI=1S/C18H13NO3/c1-22-16-9-13-10(8-14(16)18(20)21)6-7-12-11-4-2-3-5-15(11)19-17(12)13/h2-9,19H,1H3,(H,20,21). The molecule has 0 spiro atoms. The second-order valence-corrected chi connectivity index (χ2v) is 5.24. The number of aromatic amines is 1. The zero-order chi connectivity index (χ0) is 15.3. The van der Waals surface area contributed by atoms with Crippen molar-refractivity contribution in [3.05, 3.63) is 54.1 Å². The Hall–Kier alpha value is -3.01. The number of aromatic carboxylic acids is 1. The van der Waals surface area contributed by atoms with Crippen molar-refractivity contribution in [1.29, 1.82) is 0 Å². The number of ether oxygens (including phenoxy) is 1. The van der Waals surface area contributed by atoms with Crippen LogP contribution >= 0.6 is 0 Å². The van der Waals surface area contributed by atoms with Crippen LogP contribution in [0.3, 0.4) is 0 Å². The monoisotopic (exact) mass is 291 g/mol. The summed E-state index contributed by atoms with van der Waals surface area (Å²) in [5, 5.41) is 13.4. The molecule has 0 unspecified atom stereocenters. The fraction of sp³-hybridized carbons (Fsp3) is 0.0556. The topological polar surface area (TPSA) is 62.3 Å². The zero-order valence-corrected chi connectivity index (χ0v) is 11.9. The SMILES string of the molecule is COc1cc2c(ccc3c4ccccc4[nH]c23)cc1C(=O)O. The van der Waals surface area contributed by atoms with E-state index < -0.39 is 5.97 Å². The second-order valence-electron chi connectivity index (χ2n) is 5.24. The first-order chi connectivity index (χ1) is 10.7. The summed E-state index contributed by atoms with van der Waals surface area (Å²) >= 11 is 0. The summed E-state index contributed by atoms with van der Waals surface area (Å²) in [7, 11) is 1.49. The molecule has 0 aliphatic carbocycles. The summed E-state index contributed by atoms with van der Waals surface area (Å²) in [6, 6.07) is 15.5. The van der Waals surface area contributed by atoms with Gasteiger partial charge in [0.25, 0.3) is 0 Å². The Morgan fingerprint density at radius 3 is 2.64 bits per heavy atom. The largest absolute Gasteiger partial charge is 0.496 e. The number of benzene rings is 3. The molecule has 0 fully saturated rings. The Morgan fingerprint density at radius 2 is 1.86 bits per heavy atom. The number of para-hydroxylation sites is 1. The third kappa shape index (κ3) is 1.67. The minimum Gasteiger partial charge on any atom is -0.496 e. The first-order valence-electron chi connectivity index (χ1n) is 6.93. The molecule has 22 heavy (non-hydrogen) atoms. The van der Waals surface area contributed by atoms with Crippen LogP contribution in [-0.4, -0.2) is 23.2 Å². The van der Waals surface area contributed by atoms with E-state index in [1.165, 1.54) is 7.11 Å². The van der Waals surface area contributed by atoms with Crippen molar-refractivity contribution < 1.29 is 14.6 Å². The van der Waals surface area contributed by atoms with E-state index in [0.717, 1.165) is 32.6 Å². The molecular formula is C18H13NO3. The Balaban J connectivity index is 2.17. The fourth-order valence-electron chi connectivity index (χ4n) is 3.01. The molecule has 0 saturated heterocycles. The van der Waals surface area contributed by atoms with Crippen LogP contribution in [0.4, 0.5) is 0 Å².